The predicted molar refractivity (Wildman–Crippen MR) is 140 cm³/mol. The summed E-state index contributed by atoms with van der Waals surface area (Å²) < 4.78 is 5.95. The highest BCUT2D eigenvalue weighted by Gasteiger charge is 2.44. The maximum atomic E-state index is 13.4. The van der Waals surface area contributed by atoms with E-state index in [0.29, 0.717) is 5.75 Å². The first kappa shape index (κ1) is 21.3. The van der Waals surface area contributed by atoms with Crippen molar-refractivity contribution in [1.29, 1.82) is 0 Å². The second-order valence-electron chi connectivity index (χ2n) is 8.67. The number of thiophene rings is 2. The topological polar surface area (TPSA) is 41.9 Å². The van der Waals surface area contributed by atoms with Gasteiger partial charge in [0.2, 0.25) is 0 Å². The normalized spacial score (nSPS) is 21.0. The van der Waals surface area contributed by atoms with Crippen molar-refractivity contribution in [3.05, 3.63) is 92.8 Å². The van der Waals surface area contributed by atoms with Crippen molar-refractivity contribution >= 4 is 51.1 Å². The maximum absolute atomic E-state index is 13.4. The van der Waals surface area contributed by atoms with Crippen LogP contribution in [0.2, 0.25) is 0 Å². The minimum absolute atomic E-state index is 0.0340. The Morgan fingerprint density at radius 1 is 1.03 bits per heavy atom. The molecule has 2 aromatic carbocycles. The maximum Gasteiger partial charge on any atom is 0.281 e. The van der Waals surface area contributed by atoms with E-state index in [4.69, 9.17) is 9.84 Å². The number of fused-ring (bicyclic) bond motifs is 2. The predicted octanol–water partition coefficient (Wildman–Crippen LogP) is 7.16. The van der Waals surface area contributed by atoms with Gasteiger partial charge in [-0.15, -0.1) is 22.7 Å². The van der Waals surface area contributed by atoms with Crippen LogP contribution in [-0.2, 0) is 4.79 Å². The third-order valence-corrected chi connectivity index (χ3v) is 8.30. The summed E-state index contributed by atoms with van der Waals surface area (Å²) in [6.07, 6.45) is 5.40. The molecule has 6 heteroatoms. The van der Waals surface area contributed by atoms with E-state index in [0.717, 1.165) is 35.7 Å². The van der Waals surface area contributed by atoms with Gasteiger partial charge in [0.15, 0.2) is 6.61 Å². The fourth-order valence-corrected chi connectivity index (χ4v) is 6.52. The SMILES string of the molecule is O=C(COc1ccc2ccccc2c1)N1N=C2/C(=C/c3cccs3)CCC[C@@H]2[C@H]1c1cccs1. The first-order valence-corrected chi connectivity index (χ1v) is 13.3. The van der Waals surface area contributed by atoms with E-state index < -0.39 is 0 Å². The molecule has 0 saturated heterocycles. The Balaban J connectivity index is 1.28. The molecule has 0 bridgehead atoms. The number of carbonyl (C=O) groups is 1. The summed E-state index contributed by atoms with van der Waals surface area (Å²) in [7, 11) is 0. The van der Waals surface area contributed by atoms with Crippen molar-refractivity contribution in [3.63, 3.8) is 0 Å². The summed E-state index contributed by atoms with van der Waals surface area (Å²) in [5.74, 6) is 0.814. The van der Waals surface area contributed by atoms with E-state index in [9.17, 15) is 4.79 Å². The zero-order valence-corrected chi connectivity index (χ0v) is 20.2. The number of ether oxygens (including phenoxy) is 1. The lowest BCUT2D eigenvalue weighted by atomic mass is 9.79. The van der Waals surface area contributed by atoms with E-state index in [1.165, 1.54) is 15.3 Å². The van der Waals surface area contributed by atoms with E-state index in [1.54, 1.807) is 27.7 Å². The summed E-state index contributed by atoms with van der Waals surface area (Å²) >= 11 is 3.43. The number of allylic oxidation sites excluding steroid dienone is 1. The van der Waals surface area contributed by atoms with Gasteiger partial charge in [0, 0.05) is 15.7 Å². The zero-order valence-electron chi connectivity index (χ0n) is 18.6. The Bertz CT molecular complexity index is 1370. The molecule has 2 atom stereocenters. The number of benzene rings is 2. The Hall–Kier alpha value is -3.22. The van der Waals surface area contributed by atoms with Crippen LogP contribution in [0.3, 0.4) is 0 Å². The zero-order chi connectivity index (χ0) is 22.9. The van der Waals surface area contributed by atoms with Crippen LogP contribution in [0, 0.1) is 5.92 Å². The number of carbonyl (C=O) groups excluding carboxylic acids is 1. The first-order chi connectivity index (χ1) is 16.8. The average Bonchev–Trinajstić information content (AvgIpc) is 3.63. The molecule has 34 heavy (non-hydrogen) atoms. The molecule has 3 heterocycles. The Kier molecular flexibility index (Phi) is 5.77. The molecule has 0 N–H and O–H groups in total. The Morgan fingerprint density at radius 2 is 1.88 bits per heavy atom. The standard InChI is InChI=1S/C28H24N2O2S2/c31-26(18-32-22-13-12-19-6-1-2-7-20(19)16-22)30-28(25-11-5-15-34-25)24-10-3-8-21(27(24)29-30)17-23-9-4-14-33-23/h1-2,4-7,9,11-17,24,28H,3,8,10,18H2/b21-17+/t24-,28-/m0/s1. The number of hydrogen-bond acceptors (Lipinski definition) is 5. The fourth-order valence-electron chi connectivity index (χ4n) is 4.96. The van der Waals surface area contributed by atoms with Crippen molar-refractivity contribution in [1.82, 2.24) is 5.01 Å². The molecular formula is C28H24N2O2S2. The second kappa shape index (κ2) is 9.20. The number of hydrazone groups is 1. The van der Waals surface area contributed by atoms with Crippen molar-refractivity contribution in [2.24, 2.45) is 11.0 Å². The number of nitrogens with zero attached hydrogens (tertiary/aromatic N) is 2. The van der Waals surface area contributed by atoms with Crippen molar-refractivity contribution in [3.8, 4) is 5.75 Å². The summed E-state index contributed by atoms with van der Waals surface area (Å²) in [6.45, 7) is -0.0340. The number of amides is 1. The molecule has 0 unspecified atom stereocenters. The van der Waals surface area contributed by atoms with Crippen molar-refractivity contribution in [2.75, 3.05) is 6.61 Å². The summed E-state index contributed by atoms with van der Waals surface area (Å²) in [5, 5.41) is 13.0. The summed E-state index contributed by atoms with van der Waals surface area (Å²) in [4.78, 5) is 15.8. The molecular weight excluding hydrogens is 460 g/mol. The van der Waals surface area contributed by atoms with Crippen LogP contribution in [0.1, 0.15) is 35.1 Å². The van der Waals surface area contributed by atoms with Crippen LogP contribution in [0.4, 0.5) is 0 Å². The van der Waals surface area contributed by atoms with Crippen LogP contribution in [0.5, 0.6) is 5.75 Å². The van der Waals surface area contributed by atoms with Gasteiger partial charge in [-0.1, -0.05) is 42.5 Å². The van der Waals surface area contributed by atoms with E-state index in [2.05, 4.69) is 53.2 Å². The molecule has 1 amide bonds. The third kappa shape index (κ3) is 4.08. The van der Waals surface area contributed by atoms with Crippen LogP contribution < -0.4 is 4.74 Å². The van der Waals surface area contributed by atoms with Gasteiger partial charge in [-0.2, -0.15) is 5.10 Å². The second-order valence-corrected chi connectivity index (χ2v) is 10.6. The van der Waals surface area contributed by atoms with Gasteiger partial charge in [-0.3, -0.25) is 4.79 Å². The van der Waals surface area contributed by atoms with Crippen molar-refractivity contribution in [2.45, 2.75) is 25.3 Å². The quantitative estimate of drug-likeness (QED) is 0.301. The lowest BCUT2D eigenvalue weighted by Crippen LogP contribution is -2.34. The van der Waals surface area contributed by atoms with E-state index >= 15 is 0 Å². The van der Waals surface area contributed by atoms with Gasteiger partial charge in [0.1, 0.15) is 5.75 Å². The highest BCUT2D eigenvalue weighted by atomic mass is 32.1. The monoisotopic (exact) mass is 484 g/mol. The van der Waals surface area contributed by atoms with Crippen LogP contribution in [-0.4, -0.2) is 23.2 Å². The van der Waals surface area contributed by atoms with Gasteiger partial charge in [0.25, 0.3) is 5.91 Å². The Labute approximate surface area is 206 Å². The fraction of sp³-hybridized carbons (Fsp3) is 0.214. The highest BCUT2D eigenvalue weighted by molar-refractivity contribution is 7.11. The average molecular weight is 485 g/mol. The molecule has 1 aliphatic carbocycles. The van der Waals surface area contributed by atoms with Gasteiger partial charge < -0.3 is 4.74 Å². The summed E-state index contributed by atoms with van der Waals surface area (Å²) in [5.41, 5.74) is 2.32. The lowest BCUT2D eigenvalue weighted by molar-refractivity contribution is -0.135. The van der Waals surface area contributed by atoms with Crippen LogP contribution in [0.15, 0.2) is 88.2 Å². The number of rotatable bonds is 5. The minimum Gasteiger partial charge on any atom is -0.484 e. The molecule has 2 aromatic heterocycles. The van der Waals surface area contributed by atoms with Crippen LogP contribution in [0.25, 0.3) is 16.8 Å². The van der Waals surface area contributed by atoms with Gasteiger partial charge >= 0.3 is 0 Å². The Morgan fingerprint density at radius 3 is 2.71 bits per heavy atom. The molecule has 170 valence electrons. The molecule has 0 spiro atoms. The smallest absolute Gasteiger partial charge is 0.281 e. The first-order valence-electron chi connectivity index (χ1n) is 11.6. The van der Waals surface area contributed by atoms with Gasteiger partial charge in [-0.05, 0) is 76.7 Å². The molecule has 6 rings (SSSR count). The highest BCUT2D eigenvalue weighted by Crippen LogP contribution is 2.45. The lowest BCUT2D eigenvalue weighted by Gasteiger charge is -2.28. The third-order valence-electron chi connectivity index (χ3n) is 6.53. The van der Waals surface area contributed by atoms with Gasteiger partial charge in [0.05, 0.1) is 11.8 Å². The minimum atomic E-state index is -0.107. The largest absolute Gasteiger partial charge is 0.484 e. The molecule has 4 nitrogen and oxygen atoms in total. The molecule has 0 radical (unpaired) electrons. The molecule has 1 saturated carbocycles. The van der Waals surface area contributed by atoms with E-state index in [1.807, 2.05) is 30.3 Å². The summed E-state index contributed by atoms with van der Waals surface area (Å²) in [6, 6.07) is 22.4. The number of hydrogen-bond donors (Lipinski definition) is 0. The van der Waals surface area contributed by atoms with Crippen LogP contribution >= 0.6 is 22.7 Å². The molecule has 4 aromatic rings. The molecule has 1 fully saturated rings. The molecule has 1 aliphatic heterocycles. The van der Waals surface area contributed by atoms with Crippen molar-refractivity contribution < 1.29 is 9.53 Å². The molecule has 2 aliphatic rings. The van der Waals surface area contributed by atoms with Gasteiger partial charge in [-0.25, -0.2) is 5.01 Å². The van der Waals surface area contributed by atoms with E-state index in [-0.39, 0.29) is 24.5 Å².